The molecule has 0 radical (unpaired) electrons. The first kappa shape index (κ1) is 13.8. The molecule has 0 heterocycles. The van der Waals surface area contributed by atoms with Gasteiger partial charge in [-0.3, -0.25) is 4.79 Å². The summed E-state index contributed by atoms with van der Waals surface area (Å²) in [5.74, 6) is -2.91. The average molecular weight is 192 g/mol. The van der Waals surface area contributed by atoms with Crippen molar-refractivity contribution in [1.29, 1.82) is 0 Å². The van der Waals surface area contributed by atoms with Crippen LogP contribution in [-0.4, -0.2) is 29.7 Å². The van der Waals surface area contributed by atoms with Crippen molar-refractivity contribution in [2.45, 2.75) is 6.92 Å². The minimum atomic E-state index is -1.25. The third-order valence-corrected chi connectivity index (χ3v) is 0.541. The van der Waals surface area contributed by atoms with Crippen molar-refractivity contribution in [1.82, 2.24) is 0 Å². The molecular weight excluding hydrogens is 183 g/mol. The maximum Gasteiger partial charge on any atom is 0.345 e. The lowest BCUT2D eigenvalue weighted by molar-refractivity contribution is -0.158. The van der Waals surface area contributed by atoms with Crippen LogP contribution in [0.4, 0.5) is 4.39 Å². The van der Waals surface area contributed by atoms with E-state index in [-0.39, 0.29) is 0 Å². The van der Waals surface area contributed by atoms with Crippen molar-refractivity contribution in [2.75, 3.05) is 6.67 Å². The highest BCUT2D eigenvalue weighted by molar-refractivity contribution is 5.84. The van der Waals surface area contributed by atoms with Crippen LogP contribution in [0.3, 0.4) is 0 Å². The van der Waals surface area contributed by atoms with E-state index in [4.69, 9.17) is 5.11 Å². The molecule has 0 aliphatic rings. The Morgan fingerprint density at radius 1 is 1.54 bits per heavy atom. The van der Waals surface area contributed by atoms with Crippen molar-refractivity contribution < 1.29 is 28.6 Å². The Bertz CT molecular complexity index is 211. The maximum atomic E-state index is 11.1. The second-order valence-electron chi connectivity index (χ2n) is 1.64. The van der Waals surface area contributed by atoms with Crippen molar-refractivity contribution >= 4 is 17.9 Å². The molecule has 0 saturated heterocycles. The molecule has 0 aromatic heterocycles. The summed E-state index contributed by atoms with van der Waals surface area (Å²) in [5.41, 5.74) is 0. The number of esters is 2. The van der Waals surface area contributed by atoms with Crippen LogP contribution in [0.25, 0.3) is 0 Å². The van der Waals surface area contributed by atoms with E-state index >= 15 is 0 Å². The molecule has 0 saturated carbocycles. The lowest BCUT2D eigenvalue weighted by Crippen LogP contribution is -2.09. The first-order valence-corrected chi connectivity index (χ1v) is 3.06. The number of carboxylic acid groups (broad SMARTS) is 1. The van der Waals surface area contributed by atoms with Crippen LogP contribution in [0.15, 0.2) is 12.7 Å². The molecule has 0 atom stereocenters. The highest BCUT2D eigenvalue weighted by Crippen LogP contribution is 1.78. The molecule has 0 aromatic rings. The minimum Gasteiger partial charge on any atom is -0.478 e. The predicted octanol–water partition coefficient (Wildman–Crippen LogP) is 0.303. The van der Waals surface area contributed by atoms with Crippen LogP contribution in [0.2, 0.25) is 0 Å². The Labute approximate surface area is 73.8 Å². The summed E-state index contributed by atoms with van der Waals surface area (Å²) >= 11 is 0. The topological polar surface area (TPSA) is 80.7 Å². The summed E-state index contributed by atoms with van der Waals surface area (Å²) in [5, 5.41) is 7.60. The Hall–Kier alpha value is -1.72. The zero-order valence-electron chi connectivity index (χ0n) is 6.95. The van der Waals surface area contributed by atoms with E-state index in [1.807, 2.05) is 0 Å². The third-order valence-electron chi connectivity index (χ3n) is 0.541. The number of halogens is 1. The fourth-order valence-electron chi connectivity index (χ4n) is 0.188. The van der Waals surface area contributed by atoms with Gasteiger partial charge >= 0.3 is 17.9 Å². The number of hydrogen-bond acceptors (Lipinski definition) is 4. The molecule has 13 heavy (non-hydrogen) atoms. The van der Waals surface area contributed by atoms with Crippen LogP contribution in [0.5, 0.6) is 0 Å². The van der Waals surface area contributed by atoms with Gasteiger partial charge in [-0.05, 0) is 0 Å². The number of ether oxygens (including phenoxy) is 1. The Kier molecular flexibility index (Phi) is 8.92. The molecule has 6 heteroatoms. The van der Waals surface area contributed by atoms with Gasteiger partial charge in [-0.1, -0.05) is 6.58 Å². The first-order chi connectivity index (χ1) is 5.93. The highest BCUT2D eigenvalue weighted by atomic mass is 19.1. The number of aliphatic carboxylic acids is 1. The lowest BCUT2D eigenvalue weighted by Gasteiger charge is -1.90. The molecule has 0 fully saturated rings. The number of carbonyl (C=O) groups is 3. The summed E-state index contributed by atoms with van der Waals surface area (Å²) in [6, 6.07) is 0. The smallest absolute Gasteiger partial charge is 0.345 e. The summed E-state index contributed by atoms with van der Waals surface area (Å²) in [7, 11) is 0. The Morgan fingerprint density at radius 3 is 2.00 bits per heavy atom. The molecule has 0 aromatic carbocycles. The van der Waals surface area contributed by atoms with Gasteiger partial charge in [0.05, 0.1) is 0 Å². The predicted molar refractivity (Wildman–Crippen MR) is 40.6 cm³/mol. The molecule has 0 rings (SSSR count). The van der Waals surface area contributed by atoms with Gasteiger partial charge in [0.15, 0.2) is 6.67 Å². The minimum absolute atomic E-state index is 0.785. The molecule has 5 nitrogen and oxygen atoms in total. The molecule has 0 bridgehead atoms. The van der Waals surface area contributed by atoms with Gasteiger partial charge in [0.2, 0.25) is 0 Å². The highest BCUT2D eigenvalue weighted by Gasteiger charge is 2.02. The average Bonchev–Trinajstić information content (AvgIpc) is 2.04. The molecular formula is C7H9FO5. The van der Waals surface area contributed by atoms with Gasteiger partial charge in [0.1, 0.15) is 0 Å². The first-order valence-electron chi connectivity index (χ1n) is 3.06. The number of hydrogen-bond donors (Lipinski definition) is 1. The summed E-state index contributed by atoms with van der Waals surface area (Å²) in [6.07, 6.45) is 0.833. The van der Waals surface area contributed by atoms with Crippen LogP contribution >= 0.6 is 0 Å². The zero-order valence-corrected chi connectivity index (χ0v) is 6.95. The van der Waals surface area contributed by atoms with E-state index in [1.165, 1.54) is 0 Å². The van der Waals surface area contributed by atoms with E-state index in [2.05, 4.69) is 11.3 Å². The monoisotopic (exact) mass is 192 g/mol. The summed E-state index contributed by atoms with van der Waals surface area (Å²) < 4.78 is 14.9. The van der Waals surface area contributed by atoms with Crippen LogP contribution in [0, 0.1) is 0 Å². The van der Waals surface area contributed by atoms with Crippen molar-refractivity contribution in [3.63, 3.8) is 0 Å². The van der Waals surface area contributed by atoms with E-state index in [1.54, 1.807) is 0 Å². The fourth-order valence-corrected chi connectivity index (χ4v) is 0.188. The fraction of sp³-hybridized carbons (Fsp3) is 0.286. The lowest BCUT2D eigenvalue weighted by atomic mass is 10.7. The molecule has 1 N–H and O–H groups in total. The molecule has 0 aliphatic heterocycles. The molecule has 0 aliphatic carbocycles. The molecule has 0 spiro atoms. The number of rotatable bonds is 2. The second kappa shape index (κ2) is 8.38. The van der Waals surface area contributed by atoms with Crippen molar-refractivity contribution in [3.8, 4) is 0 Å². The second-order valence-corrected chi connectivity index (χ2v) is 1.64. The molecule has 0 amide bonds. The SMILES string of the molecule is C=CC(=O)O.CC(=O)OC(=O)CF. The maximum absolute atomic E-state index is 11.1. The standard InChI is InChI=1S/C4H5FO3.C3H4O2/c1-3(6)8-4(7)2-5;1-2-3(4)5/h2H2,1H3;2H,1H2,(H,4,5). The van der Waals surface area contributed by atoms with Gasteiger partial charge in [-0.15, -0.1) is 0 Å². The van der Waals surface area contributed by atoms with E-state index in [0.717, 1.165) is 13.0 Å². The van der Waals surface area contributed by atoms with Crippen LogP contribution in [-0.2, 0) is 19.1 Å². The normalized spacial score (nSPS) is 7.54. The number of carboxylic acids is 1. The van der Waals surface area contributed by atoms with E-state index in [0.29, 0.717) is 0 Å². The van der Waals surface area contributed by atoms with Crippen LogP contribution < -0.4 is 0 Å². The van der Waals surface area contributed by atoms with Gasteiger partial charge in [-0.2, -0.15) is 0 Å². The van der Waals surface area contributed by atoms with Crippen LogP contribution in [0.1, 0.15) is 6.92 Å². The van der Waals surface area contributed by atoms with Gasteiger partial charge in [0, 0.05) is 13.0 Å². The quantitative estimate of drug-likeness (QED) is 0.386. The summed E-state index contributed by atoms with van der Waals surface area (Å²) in [4.78, 5) is 28.9. The van der Waals surface area contributed by atoms with Crippen molar-refractivity contribution in [2.24, 2.45) is 0 Å². The third kappa shape index (κ3) is 17.9. The zero-order chi connectivity index (χ0) is 10.9. The van der Waals surface area contributed by atoms with Gasteiger partial charge < -0.3 is 9.84 Å². The Balaban J connectivity index is 0. The van der Waals surface area contributed by atoms with E-state index < -0.39 is 24.6 Å². The number of carbonyl (C=O) groups excluding carboxylic acids is 2. The molecule has 74 valence electrons. The van der Waals surface area contributed by atoms with E-state index in [9.17, 15) is 18.8 Å². The molecule has 0 unspecified atom stereocenters. The van der Waals surface area contributed by atoms with Gasteiger partial charge in [0.25, 0.3) is 0 Å². The largest absolute Gasteiger partial charge is 0.478 e. The summed E-state index contributed by atoms with van der Waals surface area (Å²) in [6.45, 7) is 2.75. The Morgan fingerprint density at radius 2 is 1.92 bits per heavy atom. The van der Waals surface area contributed by atoms with Crippen molar-refractivity contribution in [3.05, 3.63) is 12.7 Å². The number of alkyl halides is 1. The van der Waals surface area contributed by atoms with Gasteiger partial charge in [-0.25, -0.2) is 14.0 Å².